The molecule has 0 saturated carbocycles. The first kappa shape index (κ1) is 26.3. The SMILES string of the molecule is CCOC(=O)c1ccc(COc2ccc(/C=N\NC(=O)c3cc(-c4ccccc4)nc4ccccc34)cc2)cc1. The van der Waals surface area contributed by atoms with Gasteiger partial charge in [-0.15, -0.1) is 0 Å². The number of fused-ring (bicyclic) bond motifs is 1. The summed E-state index contributed by atoms with van der Waals surface area (Å²) < 4.78 is 10.9. The Morgan fingerprint density at radius 2 is 1.60 bits per heavy atom. The van der Waals surface area contributed by atoms with Gasteiger partial charge in [0.2, 0.25) is 0 Å². The molecule has 5 rings (SSSR count). The molecular formula is C33H27N3O4. The van der Waals surface area contributed by atoms with Crippen molar-refractivity contribution in [1.82, 2.24) is 10.4 Å². The maximum Gasteiger partial charge on any atom is 0.338 e. The summed E-state index contributed by atoms with van der Waals surface area (Å²) in [6, 6.07) is 33.6. The average molecular weight is 530 g/mol. The van der Waals surface area contributed by atoms with E-state index in [0.29, 0.717) is 30.1 Å². The largest absolute Gasteiger partial charge is 0.489 e. The number of ether oxygens (including phenoxy) is 2. The van der Waals surface area contributed by atoms with E-state index in [-0.39, 0.29) is 11.9 Å². The van der Waals surface area contributed by atoms with Gasteiger partial charge < -0.3 is 9.47 Å². The molecule has 0 aliphatic carbocycles. The smallest absolute Gasteiger partial charge is 0.338 e. The number of pyridine rings is 1. The van der Waals surface area contributed by atoms with Crippen molar-refractivity contribution in [2.45, 2.75) is 13.5 Å². The predicted octanol–water partition coefficient (Wildman–Crippen LogP) is 6.42. The van der Waals surface area contributed by atoms with Crippen LogP contribution in [-0.2, 0) is 11.3 Å². The zero-order valence-electron chi connectivity index (χ0n) is 21.9. The van der Waals surface area contributed by atoms with Gasteiger partial charge >= 0.3 is 5.97 Å². The summed E-state index contributed by atoms with van der Waals surface area (Å²) in [6.07, 6.45) is 1.58. The summed E-state index contributed by atoms with van der Waals surface area (Å²) in [5, 5.41) is 4.92. The number of rotatable bonds is 9. The molecule has 1 N–H and O–H groups in total. The monoisotopic (exact) mass is 529 g/mol. The number of hydrogen-bond acceptors (Lipinski definition) is 6. The fourth-order valence-corrected chi connectivity index (χ4v) is 4.11. The molecular weight excluding hydrogens is 502 g/mol. The molecule has 4 aromatic carbocycles. The number of hydrogen-bond donors (Lipinski definition) is 1. The van der Waals surface area contributed by atoms with Crippen LogP contribution in [0, 0.1) is 0 Å². The summed E-state index contributed by atoms with van der Waals surface area (Å²) in [5.41, 5.74) is 7.77. The number of esters is 1. The number of nitrogens with one attached hydrogen (secondary N) is 1. The van der Waals surface area contributed by atoms with E-state index in [1.807, 2.05) is 91.0 Å². The van der Waals surface area contributed by atoms with Gasteiger partial charge in [-0.2, -0.15) is 5.10 Å². The van der Waals surface area contributed by atoms with Gasteiger partial charge in [-0.3, -0.25) is 4.79 Å². The second kappa shape index (κ2) is 12.5. The van der Waals surface area contributed by atoms with E-state index in [4.69, 9.17) is 14.5 Å². The van der Waals surface area contributed by atoms with E-state index in [1.54, 1.807) is 31.3 Å². The van der Waals surface area contributed by atoms with Crippen molar-refractivity contribution >= 4 is 29.0 Å². The molecule has 0 spiro atoms. The van der Waals surface area contributed by atoms with Crippen LogP contribution in [0.25, 0.3) is 22.2 Å². The van der Waals surface area contributed by atoms with Gasteiger partial charge in [0, 0.05) is 10.9 Å². The molecule has 0 radical (unpaired) electrons. The number of hydrazone groups is 1. The molecule has 0 bridgehead atoms. The van der Waals surface area contributed by atoms with Gasteiger partial charge in [0.05, 0.1) is 35.2 Å². The predicted molar refractivity (Wildman–Crippen MR) is 155 cm³/mol. The molecule has 198 valence electrons. The van der Waals surface area contributed by atoms with Crippen LogP contribution in [0.5, 0.6) is 5.75 Å². The lowest BCUT2D eigenvalue weighted by Crippen LogP contribution is -2.18. The zero-order valence-corrected chi connectivity index (χ0v) is 21.9. The summed E-state index contributed by atoms with van der Waals surface area (Å²) in [7, 11) is 0. The Bertz CT molecular complexity index is 1650. The molecule has 7 nitrogen and oxygen atoms in total. The summed E-state index contributed by atoms with van der Waals surface area (Å²) in [6.45, 7) is 2.48. The Hall–Kier alpha value is -5.30. The van der Waals surface area contributed by atoms with E-state index in [1.165, 1.54) is 0 Å². The molecule has 7 heteroatoms. The van der Waals surface area contributed by atoms with Crippen molar-refractivity contribution in [1.29, 1.82) is 0 Å². The summed E-state index contributed by atoms with van der Waals surface area (Å²) >= 11 is 0. The lowest BCUT2D eigenvalue weighted by Gasteiger charge is -2.09. The van der Waals surface area contributed by atoms with Crippen LogP contribution in [0.15, 0.2) is 114 Å². The minimum atomic E-state index is -0.338. The third kappa shape index (κ3) is 6.39. The molecule has 40 heavy (non-hydrogen) atoms. The fourth-order valence-electron chi connectivity index (χ4n) is 4.11. The maximum atomic E-state index is 13.1. The molecule has 0 unspecified atom stereocenters. The highest BCUT2D eigenvalue weighted by Gasteiger charge is 2.13. The highest BCUT2D eigenvalue weighted by molar-refractivity contribution is 6.07. The number of benzene rings is 4. The number of aromatic nitrogens is 1. The molecule has 0 aliphatic heterocycles. The molecule has 1 aromatic heterocycles. The lowest BCUT2D eigenvalue weighted by atomic mass is 10.0. The van der Waals surface area contributed by atoms with Crippen molar-refractivity contribution < 1.29 is 19.1 Å². The van der Waals surface area contributed by atoms with Crippen LogP contribution in [-0.4, -0.2) is 29.7 Å². The third-order valence-electron chi connectivity index (χ3n) is 6.16. The van der Waals surface area contributed by atoms with E-state index >= 15 is 0 Å². The van der Waals surface area contributed by atoms with Crippen LogP contribution in [0.3, 0.4) is 0 Å². The molecule has 1 heterocycles. The summed E-state index contributed by atoms with van der Waals surface area (Å²) in [4.78, 5) is 29.6. The van der Waals surface area contributed by atoms with Crippen LogP contribution in [0.4, 0.5) is 0 Å². The van der Waals surface area contributed by atoms with Crippen molar-refractivity contribution in [2.75, 3.05) is 6.61 Å². The van der Waals surface area contributed by atoms with Gasteiger partial charge in [0.15, 0.2) is 0 Å². The first-order valence-corrected chi connectivity index (χ1v) is 12.9. The normalized spacial score (nSPS) is 10.9. The van der Waals surface area contributed by atoms with Crippen LogP contribution < -0.4 is 10.2 Å². The molecule has 1 amide bonds. The second-order valence-corrected chi connectivity index (χ2v) is 8.91. The van der Waals surface area contributed by atoms with Gasteiger partial charge in [0.25, 0.3) is 5.91 Å². The van der Waals surface area contributed by atoms with Crippen LogP contribution >= 0.6 is 0 Å². The molecule has 0 fully saturated rings. The van der Waals surface area contributed by atoms with Gasteiger partial charge in [-0.05, 0) is 66.6 Å². The minimum absolute atomic E-state index is 0.319. The number of amides is 1. The van der Waals surface area contributed by atoms with Crippen molar-refractivity contribution in [3.8, 4) is 17.0 Å². The minimum Gasteiger partial charge on any atom is -0.489 e. The van der Waals surface area contributed by atoms with E-state index in [9.17, 15) is 9.59 Å². The number of nitrogens with zero attached hydrogens (tertiary/aromatic N) is 2. The van der Waals surface area contributed by atoms with Gasteiger partial charge in [-0.1, -0.05) is 60.7 Å². The second-order valence-electron chi connectivity index (χ2n) is 8.91. The maximum absolute atomic E-state index is 13.1. The lowest BCUT2D eigenvalue weighted by molar-refractivity contribution is 0.0526. The molecule has 0 atom stereocenters. The number of carbonyl (C=O) groups excluding carboxylic acids is 2. The van der Waals surface area contributed by atoms with E-state index < -0.39 is 0 Å². The fraction of sp³-hybridized carbons (Fsp3) is 0.0909. The molecule has 5 aromatic rings. The Kier molecular flexibility index (Phi) is 8.22. The number of para-hydroxylation sites is 1. The van der Waals surface area contributed by atoms with Crippen LogP contribution in [0.2, 0.25) is 0 Å². The first-order chi connectivity index (χ1) is 19.6. The highest BCUT2D eigenvalue weighted by Crippen LogP contribution is 2.25. The summed E-state index contributed by atoms with van der Waals surface area (Å²) in [5.74, 6) is 0.0304. The zero-order chi connectivity index (χ0) is 27.7. The van der Waals surface area contributed by atoms with Crippen LogP contribution in [0.1, 0.15) is 38.8 Å². The highest BCUT2D eigenvalue weighted by atomic mass is 16.5. The Morgan fingerprint density at radius 3 is 2.35 bits per heavy atom. The van der Waals surface area contributed by atoms with E-state index in [2.05, 4.69) is 10.5 Å². The van der Waals surface area contributed by atoms with E-state index in [0.717, 1.165) is 33.3 Å². The van der Waals surface area contributed by atoms with Crippen molar-refractivity contribution in [2.24, 2.45) is 5.10 Å². The molecule has 0 aliphatic rings. The topological polar surface area (TPSA) is 89.9 Å². The third-order valence-corrected chi connectivity index (χ3v) is 6.16. The number of carbonyl (C=O) groups is 2. The Morgan fingerprint density at radius 1 is 0.875 bits per heavy atom. The van der Waals surface area contributed by atoms with Gasteiger partial charge in [-0.25, -0.2) is 15.2 Å². The van der Waals surface area contributed by atoms with Crippen molar-refractivity contribution in [3.05, 3.63) is 131 Å². The Balaban J connectivity index is 1.21. The quantitative estimate of drug-likeness (QED) is 0.135. The standard InChI is InChI=1S/C33H27N3O4/c1-2-39-33(38)26-16-12-24(13-17-26)22-40-27-18-14-23(15-19-27)21-34-36-32(37)29-20-31(25-8-4-3-5-9-25)35-30-11-7-6-10-28(29)30/h3-21H,2,22H2,1H3,(H,36,37)/b34-21-. The molecule has 0 saturated heterocycles. The first-order valence-electron chi connectivity index (χ1n) is 12.9. The Labute approximate surface area is 232 Å². The average Bonchev–Trinajstić information content (AvgIpc) is 3.01. The van der Waals surface area contributed by atoms with Gasteiger partial charge in [0.1, 0.15) is 12.4 Å². The van der Waals surface area contributed by atoms with Crippen molar-refractivity contribution in [3.63, 3.8) is 0 Å².